The third-order valence-electron chi connectivity index (χ3n) is 3.79. The van der Waals surface area contributed by atoms with Crippen LogP contribution < -0.4 is 5.73 Å². The van der Waals surface area contributed by atoms with Crippen LogP contribution in [0, 0.1) is 11.3 Å². The fourth-order valence-corrected chi connectivity index (χ4v) is 3.12. The Labute approximate surface area is 162 Å². The molecule has 1 unspecified atom stereocenters. The van der Waals surface area contributed by atoms with Gasteiger partial charge in [0, 0.05) is 0 Å². The molecular weight excluding hydrogens is 408 g/mol. The van der Waals surface area contributed by atoms with Crippen molar-refractivity contribution < 1.29 is 27.4 Å². The predicted molar refractivity (Wildman–Crippen MR) is 91.4 cm³/mol. The summed E-state index contributed by atoms with van der Waals surface area (Å²) in [6.45, 7) is 2.96. The van der Waals surface area contributed by atoms with E-state index in [4.69, 9.17) is 38.4 Å². The maximum Gasteiger partial charge on any atom is 0.417 e. The molecule has 0 radical (unpaired) electrons. The molecule has 0 aromatic heterocycles. The van der Waals surface area contributed by atoms with Gasteiger partial charge < -0.3 is 15.2 Å². The Bertz CT molecular complexity index is 902. The molecule has 0 saturated heterocycles. The zero-order valence-corrected chi connectivity index (χ0v) is 15.6. The van der Waals surface area contributed by atoms with E-state index < -0.39 is 28.6 Å². The average Bonchev–Trinajstić information content (AvgIpc) is 2.55. The van der Waals surface area contributed by atoms with E-state index in [1.807, 2.05) is 0 Å². The number of hydrogen-bond donors (Lipinski definition) is 1. The summed E-state index contributed by atoms with van der Waals surface area (Å²) in [5, 5.41) is 8.37. The Hall–Kier alpha value is -2.37. The molecule has 0 spiro atoms. The number of nitrogens with zero attached hydrogens (tertiary/aromatic N) is 1. The van der Waals surface area contributed by atoms with Crippen LogP contribution in [-0.4, -0.2) is 12.6 Å². The Morgan fingerprint density at radius 3 is 2.56 bits per heavy atom. The van der Waals surface area contributed by atoms with E-state index in [1.165, 1.54) is 6.92 Å². The molecule has 0 fully saturated rings. The molecular formula is C17H13Cl2F3N2O3. The number of halogens is 5. The lowest BCUT2D eigenvalue weighted by Gasteiger charge is -2.27. The maximum atomic E-state index is 13.3. The smallest absolute Gasteiger partial charge is 0.417 e. The summed E-state index contributed by atoms with van der Waals surface area (Å²) in [6.07, 6.45) is -4.80. The van der Waals surface area contributed by atoms with Gasteiger partial charge in [-0.15, -0.1) is 0 Å². The number of rotatable bonds is 3. The molecule has 1 aliphatic rings. The summed E-state index contributed by atoms with van der Waals surface area (Å²) in [5.74, 6) is -2.42. The number of alkyl halides is 3. The Morgan fingerprint density at radius 2 is 2.04 bits per heavy atom. The third kappa shape index (κ3) is 3.99. The summed E-state index contributed by atoms with van der Waals surface area (Å²) >= 11 is 11.6. The lowest BCUT2D eigenvalue weighted by Crippen LogP contribution is -2.26. The van der Waals surface area contributed by atoms with Crippen molar-refractivity contribution in [2.75, 3.05) is 6.61 Å². The first-order valence-corrected chi connectivity index (χ1v) is 8.30. The topological polar surface area (TPSA) is 85.3 Å². The Balaban J connectivity index is 2.78. The van der Waals surface area contributed by atoms with Gasteiger partial charge in [-0.05, 0) is 31.5 Å². The van der Waals surface area contributed by atoms with Gasteiger partial charge >= 0.3 is 12.1 Å². The van der Waals surface area contributed by atoms with Crippen LogP contribution in [0.1, 0.15) is 30.9 Å². The van der Waals surface area contributed by atoms with Crippen LogP contribution in [-0.2, 0) is 20.4 Å². The van der Waals surface area contributed by atoms with Crippen LogP contribution in [0.3, 0.4) is 0 Å². The molecule has 5 nitrogen and oxygen atoms in total. The number of ether oxygens (including phenoxy) is 2. The maximum absolute atomic E-state index is 13.3. The van der Waals surface area contributed by atoms with Gasteiger partial charge in [0.1, 0.15) is 17.4 Å². The fourth-order valence-electron chi connectivity index (χ4n) is 2.67. The number of esters is 1. The second kappa shape index (κ2) is 7.71. The largest absolute Gasteiger partial charge is 0.463 e. The molecule has 2 rings (SSSR count). The minimum atomic E-state index is -4.80. The van der Waals surface area contributed by atoms with E-state index in [0.717, 1.165) is 12.1 Å². The van der Waals surface area contributed by atoms with Crippen LogP contribution in [0.25, 0.3) is 0 Å². The number of nitriles is 1. The SMILES string of the molecule is CCOC(=O)C1=C(C)OC(N)=C(C#N)C1c1cc(Cl)c(Cl)c(C(F)(F)F)c1. The molecule has 0 saturated carbocycles. The van der Waals surface area contributed by atoms with Gasteiger partial charge in [-0.1, -0.05) is 23.2 Å². The first kappa shape index (κ1) is 20.9. The molecule has 10 heteroatoms. The zero-order valence-electron chi connectivity index (χ0n) is 14.1. The van der Waals surface area contributed by atoms with Crippen LogP contribution in [0.15, 0.2) is 34.9 Å². The molecule has 1 aromatic carbocycles. The third-order valence-corrected chi connectivity index (χ3v) is 4.59. The molecule has 1 heterocycles. The highest BCUT2D eigenvalue weighted by molar-refractivity contribution is 6.42. The molecule has 0 aliphatic carbocycles. The van der Waals surface area contributed by atoms with Crippen molar-refractivity contribution in [1.82, 2.24) is 0 Å². The van der Waals surface area contributed by atoms with Gasteiger partial charge in [0.25, 0.3) is 0 Å². The molecule has 1 atom stereocenters. The van der Waals surface area contributed by atoms with Crippen LogP contribution in [0.5, 0.6) is 0 Å². The second-order valence-electron chi connectivity index (χ2n) is 5.48. The first-order chi connectivity index (χ1) is 12.5. The monoisotopic (exact) mass is 420 g/mol. The summed E-state index contributed by atoms with van der Waals surface area (Å²) < 4.78 is 50.1. The van der Waals surface area contributed by atoms with Crippen LogP contribution in [0.4, 0.5) is 13.2 Å². The molecule has 1 aromatic rings. The highest BCUT2D eigenvalue weighted by Crippen LogP contribution is 2.45. The zero-order chi connectivity index (χ0) is 20.5. The van der Waals surface area contributed by atoms with E-state index in [-0.39, 0.29) is 40.0 Å². The summed E-state index contributed by atoms with van der Waals surface area (Å²) in [6, 6.07) is 3.64. The summed E-state index contributed by atoms with van der Waals surface area (Å²) in [4.78, 5) is 12.4. The Kier molecular flexibility index (Phi) is 5.97. The summed E-state index contributed by atoms with van der Waals surface area (Å²) in [7, 11) is 0. The van der Waals surface area contributed by atoms with Gasteiger partial charge in [0.15, 0.2) is 0 Å². The fraction of sp³-hybridized carbons (Fsp3) is 0.294. The molecule has 144 valence electrons. The van der Waals surface area contributed by atoms with E-state index in [2.05, 4.69) is 0 Å². The minimum Gasteiger partial charge on any atom is -0.463 e. The van der Waals surface area contributed by atoms with E-state index >= 15 is 0 Å². The Morgan fingerprint density at radius 1 is 1.41 bits per heavy atom. The molecule has 27 heavy (non-hydrogen) atoms. The van der Waals surface area contributed by atoms with Crippen molar-refractivity contribution in [1.29, 1.82) is 5.26 Å². The van der Waals surface area contributed by atoms with Crippen LogP contribution in [0.2, 0.25) is 10.0 Å². The molecule has 2 N–H and O–H groups in total. The minimum absolute atomic E-state index is 0.00887. The van der Waals surface area contributed by atoms with E-state index in [1.54, 1.807) is 13.0 Å². The van der Waals surface area contributed by atoms with Crippen molar-refractivity contribution in [3.05, 3.63) is 56.1 Å². The normalized spacial score (nSPS) is 17.5. The molecule has 1 aliphatic heterocycles. The number of hydrogen-bond acceptors (Lipinski definition) is 5. The first-order valence-electron chi connectivity index (χ1n) is 7.54. The number of nitrogens with two attached hydrogens (primary N) is 1. The van der Waals surface area contributed by atoms with Gasteiger partial charge in [-0.2, -0.15) is 18.4 Å². The number of benzene rings is 1. The van der Waals surface area contributed by atoms with E-state index in [0.29, 0.717) is 0 Å². The number of carbonyl (C=O) groups is 1. The number of carbonyl (C=O) groups excluding carboxylic acids is 1. The lowest BCUT2D eigenvalue weighted by atomic mass is 9.82. The predicted octanol–water partition coefficient (Wildman–Crippen LogP) is 4.66. The molecule has 0 amide bonds. The highest BCUT2D eigenvalue weighted by atomic mass is 35.5. The highest BCUT2D eigenvalue weighted by Gasteiger charge is 2.40. The van der Waals surface area contributed by atoms with Crippen molar-refractivity contribution in [2.24, 2.45) is 5.73 Å². The van der Waals surface area contributed by atoms with Gasteiger partial charge in [-0.25, -0.2) is 4.79 Å². The van der Waals surface area contributed by atoms with Gasteiger partial charge in [0.05, 0.1) is 33.7 Å². The molecule has 0 bridgehead atoms. The quantitative estimate of drug-likeness (QED) is 0.718. The standard InChI is InChI=1S/C17H13Cl2F3N2O3/c1-3-26-16(25)12-7(2)27-15(24)9(6-23)13(12)8-4-10(17(20,21)22)14(19)11(18)5-8/h4-5,13H,3,24H2,1-2H3. The van der Waals surface area contributed by atoms with Crippen molar-refractivity contribution in [3.8, 4) is 6.07 Å². The lowest BCUT2D eigenvalue weighted by molar-refractivity contribution is -0.139. The average molecular weight is 421 g/mol. The second-order valence-corrected chi connectivity index (χ2v) is 6.26. The number of allylic oxidation sites excluding steroid dienone is 2. The van der Waals surface area contributed by atoms with Gasteiger partial charge in [-0.3, -0.25) is 0 Å². The van der Waals surface area contributed by atoms with Crippen molar-refractivity contribution >= 4 is 29.2 Å². The summed E-state index contributed by atoms with van der Waals surface area (Å²) in [5.41, 5.74) is 4.02. The van der Waals surface area contributed by atoms with Crippen molar-refractivity contribution in [2.45, 2.75) is 25.9 Å². The van der Waals surface area contributed by atoms with Crippen LogP contribution >= 0.6 is 23.2 Å². The van der Waals surface area contributed by atoms with Crippen molar-refractivity contribution in [3.63, 3.8) is 0 Å². The van der Waals surface area contributed by atoms with Gasteiger partial charge in [0.2, 0.25) is 5.88 Å². The van der Waals surface area contributed by atoms with E-state index in [9.17, 15) is 23.2 Å².